The summed E-state index contributed by atoms with van der Waals surface area (Å²) in [5.74, 6) is 2.83. The van der Waals surface area contributed by atoms with E-state index in [0.29, 0.717) is 5.41 Å². The third-order valence-electron chi connectivity index (χ3n) is 3.73. The van der Waals surface area contributed by atoms with Gasteiger partial charge in [-0.15, -0.1) is 0 Å². The van der Waals surface area contributed by atoms with Crippen molar-refractivity contribution in [1.29, 1.82) is 0 Å². The van der Waals surface area contributed by atoms with Crippen LogP contribution in [-0.2, 0) is 0 Å². The van der Waals surface area contributed by atoms with Crippen molar-refractivity contribution in [3.8, 4) is 0 Å². The number of anilines is 1. The summed E-state index contributed by atoms with van der Waals surface area (Å²) in [6.07, 6.45) is 7.54. The number of rotatable bonds is 4. The molecule has 3 rings (SSSR count). The van der Waals surface area contributed by atoms with Gasteiger partial charge in [0.1, 0.15) is 11.6 Å². The molecule has 2 aliphatic carbocycles. The van der Waals surface area contributed by atoms with Crippen LogP contribution >= 0.6 is 0 Å². The van der Waals surface area contributed by atoms with Crippen molar-refractivity contribution in [1.82, 2.24) is 9.97 Å². The van der Waals surface area contributed by atoms with Gasteiger partial charge in [0.05, 0.1) is 0 Å². The maximum Gasteiger partial charge on any atom is 0.129 e. The van der Waals surface area contributed by atoms with Crippen molar-refractivity contribution in [2.45, 2.75) is 32.6 Å². The average Bonchev–Trinajstić information content (AvgIpc) is 3.08. The number of hydrogen-bond acceptors (Lipinski definition) is 3. The van der Waals surface area contributed by atoms with Gasteiger partial charge in [-0.25, -0.2) is 9.97 Å². The minimum atomic E-state index is 0.638. The van der Waals surface area contributed by atoms with E-state index in [1.165, 1.54) is 25.7 Å². The molecule has 15 heavy (non-hydrogen) atoms. The third kappa shape index (κ3) is 1.83. The predicted octanol–water partition coefficient (Wildman–Crippen LogP) is 2.39. The maximum atomic E-state index is 4.36. The summed E-state index contributed by atoms with van der Waals surface area (Å²) < 4.78 is 0. The summed E-state index contributed by atoms with van der Waals surface area (Å²) in [5, 5.41) is 3.46. The molecule has 80 valence electrons. The minimum Gasteiger partial charge on any atom is -0.369 e. The zero-order valence-electron chi connectivity index (χ0n) is 9.16. The molecule has 1 N–H and O–H groups in total. The number of nitrogens with zero attached hydrogens (tertiary/aromatic N) is 2. The van der Waals surface area contributed by atoms with Crippen molar-refractivity contribution in [2.24, 2.45) is 11.3 Å². The minimum absolute atomic E-state index is 0.638. The number of aryl methyl sites for hydroxylation is 1. The van der Waals surface area contributed by atoms with Crippen LogP contribution in [-0.4, -0.2) is 16.5 Å². The Hall–Kier alpha value is -1.12. The second-order valence-corrected chi connectivity index (χ2v) is 4.98. The third-order valence-corrected chi connectivity index (χ3v) is 3.73. The molecule has 0 bridgehead atoms. The van der Waals surface area contributed by atoms with E-state index in [9.17, 15) is 0 Å². The van der Waals surface area contributed by atoms with Crippen LogP contribution < -0.4 is 5.32 Å². The summed E-state index contributed by atoms with van der Waals surface area (Å²) in [5.41, 5.74) is 0.638. The van der Waals surface area contributed by atoms with Crippen molar-refractivity contribution >= 4 is 5.82 Å². The molecule has 3 nitrogen and oxygen atoms in total. The Kier molecular flexibility index (Phi) is 1.94. The molecule has 0 saturated heterocycles. The van der Waals surface area contributed by atoms with Gasteiger partial charge in [-0.1, -0.05) is 0 Å². The van der Waals surface area contributed by atoms with Gasteiger partial charge in [0.2, 0.25) is 0 Å². The number of nitrogens with one attached hydrogen (secondary N) is 1. The SMILES string of the molecule is Cc1nccc(NCC2(C3CC3)CC2)n1. The first-order valence-corrected chi connectivity index (χ1v) is 5.82. The lowest BCUT2D eigenvalue weighted by Crippen LogP contribution is -2.18. The first kappa shape index (κ1) is 9.13. The standard InChI is InChI=1S/C12H17N3/c1-9-13-7-4-11(15-9)14-8-12(5-6-12)10-2-3-10/h4,7,10H,2-3,5-6,8H2,1H3,(H,13,14,15). The normalized spacial score (nSPS) is 22.5. The summed E-state index contributed by atoms with van der Waals surface area (Å²) in [6, 6.07) is 1.95. The molecule has 0 aromatic carbocycles. The lowest BCUT2D eigenvalue weighted by molar-refractivity contribution is 0.466. The lowest BCUT2D eigenvalue weighted by atomic mass is 10.0. The highest BCUT2D eigenvalue weighted by Crippen LogP contribution is 2.61. The topological polar surface area (TPSA) is 37.8 Å². The highest BCUT2D eigenvalue weighted by Gasteiger charge is 2.53. The van der Waals surface area contributed by atoms with E-state index >= 15 is 0 Å². The van der Waals surface area contributed by atoms with Crippen molar-refractivity contribution in [3.63, 3.8) is 0 Å². The molecule has 2 fully saturated rings. The molecule has 0 spiro atoms. The van der Waals surface area contributed by atoms with Gasteiger partial charge in [-0.2, -0.15) is 0 Å². The Morgan fingerprint density at radius 3 is 2.87 bits per heavy atom. The van der Waals surface area contributed by atoms with Crippen molar-refractivity contribution in [2.75, 3.05) is 11.9 Å². The first-order chi connectivity index (χ1) is 7.28. The second kappa shape index (κ2) is 3.19. The monoisotopic (exact) mass is 203 g/mol. The van der Waals surface area contributed by atoms with Crippen LogP contribution in [0.3, 0.4) is 0 Å². The van der Waals surface area contributed by atoms with Crippen molar-refractivity contribution in [3.05, 3.63) is 18.1 Å². The highest BCUT2D eigenvalue weighted by atomic mass is 15.0. The van der Waals surface area contributed by atoms with Gasteiger partial charge in [0, 0.05) is 12.7 Å². The van der Waals surface area contributed by atoms with Crippen LogP contribution in [0.25, 0.3) is 0 Å². The first-order valence-electron chi connectivity index (χ1n) is 5.82. The van der Waals surface area contributed by atoms with Crippen molar-refractivity contribution < 1.29 is 0 Å². The lowest BCUT2D eigenvalue weighted by Gasteiger charge is -2.15. The van der Waals surface area contributed by atoms with E-state index in [4.69, 9.17) is 0 Å². The van der Waals surface area contributed by atoms with Gasteiger partial charge in [-0.3, -0.25) is 0 Å². The van der Waals surface area contributed by atoms with Gasteiger partial charge < -0.3 is 5.32 Å². The molecule has 1 aromatic rings. The summed E-state index contributed by atoms with van der Waals surface area (Å²) in [4.78, 5) is 8.46. The van der Waals surface area contributed by atoms with E-state index in [1.54, 1.807) is 0 Å². The van der Waals surface area contributed by atoms with Crippen LogP contribution in [0.2, 0.25) is 0 Å². The molecule has 2 saturated carbocycles. The van der Waals surface area contributed by atoms with E-state index in [-0.39, 0.29) is 0 Å². The Bertz CT molecular complexity index is 367. The zero-order valence-corrected chi connectivity index (χ0v) is 9.16. The van der Waals surface area contributed by atoms with Crippen LogP contribution in [0.5, 0.6) is 0 Å². The number of hydrogen-bond donors (Lipinski definition) is 1. The van der Waals surface area contributed by atoms with Crippen LogP contribution in [0.15, 0.2) is 12.3 Å². The molecule has 2 aliphatic rings. The summed E-state index contributed by atoms with van der Waals surface area (Å²) >= 11 is 0. The molecular weight excluding hydrogens is 186 g/mol. The Morgan fingerprint density at radius 1 is 1.47 bits per heavy atom. The fourth-order valence-corrected chi connectivity index (χ4v) is 2.41. The zero-order chi connectivity index (χ0) is 10.3. The summed E-state index contributed by atoms with van der Waals surface area (Å²) in [7, 11) is 0. The van der Waals surface area contributed by atoms with Crippen LogP contribution in [0.1, 0.15) is 31.5 Å². The molecule has 0 amide bonds. The van der Waals surface area contributed by atoms with E-state index in [1.807, 2.05) is 19.2 Å². The van der Waals surface area contributed by atoms with E-state index in [2.05, 4.69) is 15.3 Å². The predicted molar refractivity (Wildman–Crippen MR) is 59.6 cm³/mol. The molecule has 0 unspecified atom stereocenters. The maximum absolute atomic E-state index is 4.36. The van der Waals surface area contributed by atoms with Gasteiger partial charge in [-0.05, 0) is 50.0 Å². The van der Waals surface area contributed by atoms with Gasteiger partial charge in [0.25, 0.3) is 0 Å². The molecule has 3 heteroatoms. The van der Waals surface area contributed by atoms with E-state index < -0.39 is 0 Å². The highest BCUT2D eigenvalue weighted by molar-refractivity contribution is 5.34. The molecule has 1 aromatic heterocycles. The second-order valence-electron chi connectivity index (χ2n) is 4.98. The quantitative estimate of drug-likeness (QED) is 0.816. The van der Waals surface area contributed by atoms with Gasteiger partial charge in [0.15, 0.2) is 0 Å². The van der Waals surface area contributed by atoms with Crippen LogP contribution in [0, 0.1) is 18.3 Å². The molecule has 1 heterocycles. The largest absolute Gasteiger partial charge is 0.369 e. The molecule has 0 radical (unpaired) electrons. The fraction of sp³-hybridized carbons (Fsp3) is 0.667. The smallest absolute Gasteiger partial charge is 0.129 e. The van der Waals surface area contributed by atoms with Gasteiger partial charge >= 0.3 is 0 Å². The molecular formula is C12H17N3. The Balaban J connectivity index is 1.61. The van der Waals surface area contributed by atoms with Crippen LogP contribution in [0.4, 0.5) is 5.82 Å². The fourth-order valence-electron chi connectivity index (χ4n) is 2.41. The number of aromatic nitrogens is 2. The molecule has 0 atom stereocenters. The summed E-state index contributed by atoms with van der Waals surface area (Å²) in [6.45, 7) is 3.03. The Morgan fingerprint density at radius 2 is 2.27 bits per heavy atom. The Labute approximate surface area is 90.3 Å². The van der Waals surface area contributed by atoms with E-state index in [0.717, 1.165) is 24.1 Å². The average molecular weight is 203 g/mol. The molecule has 0 aliphatic heterocycles.